The first-order valence-corrected chi connectivity index (χ1v) is 18.3. The molecule has 0 saturated carbocycles. The van der Waals surface area contributed by atoms with Crippen molar-refractivity contribution in [1.82, 2.24) is 9.13 Å². The summed E-state index contributed by atoms with van der Waals surface area (Å²) in [5, 5.41) is 5.00. The van der Waals surface area contributed by atoms with Gasteiger partial charge in [-0.3, -0.25) is 0 Å². The lowest BCUT2D eigenvalue weighted by Gasteiger charge is -2.12. The monoisotopic (exact) mass is 680 g/mol. The van der Waals surface area contributed by atoms with Gasteiger partial charge in [0.05, 0.1) is 22.1 Å². The molecule has 53 heavy (non-hydrogen) atoms. The van der Waals surface area contributed by atoms with Crippen LogP contribution in [0, 0.1) is 6.92 Å². The van der Waals surface area contributed by atoms with Crippen molar-refractivity contribution in [2.24, 2.45) is 0 Å². The van der Waals surface area contributed by atoms with E-state index in [9.17, 15) is 0 Å². The number of aromatic nitrogens is 2. The molecule has 7 aromatic carbocycles. The van der Waals surface area contributed by atoms with Gasteiger partial charge in [0.15, 0.2) is 0 Å². The van der Waals surface area contributed by atoms with E-state index in [2.05, 4.69) is 200 Å². The number of fused-ring (bicyclic) bond motifs is 6. The van der Waals surface area contributed by atoms with Crippen molar-refractivity contribution in [1.29, 1.82) is 0 Å². The van der Waals surface area contributed by atoms with E-state index in [0.717, 1.165) is 11.4 Å². The highest BCUT2D eigenvalue weighted by molar-refractivity contribution is 6.12. The molecule has 0 aliphatic heterocycles. The van der Waals surface area contributed by atoms with Crippen LogP contribution in [0.2, 0.25) is 0 Å². The Hall–Kier alpha value is -6.64. The van der Waals surface area contributed by atoms with E-state index >= 15 is 0 Å². The molecular weight excluding hydrogens is 641 g/mol. The molecule has 2 nitrogen and oxygen atoms in total. The maximum Gasteiger partial charge on any atom is 0.0541 e. The Labute approximate surface area is 310 Å². The quantitative estimate of drug-likeness (QED) is 0.148. The second-order valence-electron chi connectivity index (χ2n) is 14.1. The van der Waals surface area contributed by atoms with Gasteiger partial charge in [-0.05, 0) is 115 Å². The summed E-state index contributed by atoms with van der Waals surface area (Å²) in [4.78, 5) is 0. The van der Waals surface area contributed by atoms with Crippen LogP contribution in [0.5, 0.6) is 0 Å². The zero-order valence-electron chi connectivity index (χ0n) is 30.3. The largest absolute Gasteiger partial charge is 0.309 e. The Morgan fingerprint density at radius 3 is 1.58 bits per heavy atom. The lowest BCUT2D eigenvalue weighted by Crippen LogP contribution is -1.95. The Bertz CT molecular complexity index is 2940. The Morgan fingerprint density at radius 1 is 0.472 bits per heavy atom. The van der Waals surface area contributed by atoms with Gasteiger partial charge in [0.2, 0.25) is 0 Å². The fraction of sp³-hybridized carbons (Fsp3) is 0.0588. The molecule has 9 aromatic rings. The molecule has 0 radical (unpaired) electrons. The van der Waals surface area contributed by atoms with Gasteiger partial charge < -0.3 is 9.13 Å². The maximum absolute atomic E-state index is 3.85. The molecule has 2 aromatic heterocycles. The fourth-order valence-electron chi connectivity index (χ4n) is 8.06. The van der Waals surface area contributed by atoms with Crippen molar-refractivity contribution in [2.75, 3.05) is 0 Å². The summed E-state index contributed by atoms with van der Waals surface area (Å²) in [5.41, 5.74) is 16.9. The third-order valence-corrected chi connectivity index (χ3v) is 10.5. The minimum atomic E-state index is 1.15. The average molecular weight is 681 g/mol. The molecule has 0 bridgehead atoms. The van der Waals surface area contributed by atoms with E-state index in [1.807, 2.05) is 12.2 Å². The van der Waals surface area contributed by atoms with E-state index in [4.69, 9.17) is 0 Å². The highest BCUT2D eigenvalue weighted by Crippen LogP contribution is 2.39. The highest BCUT2D eigenvalue weighted by Gasteiger charge is 2.17. The Morgan fingerprint density at radius 2 is 0.981 bits per heavy atom. The molecule has 0 aliphatic rings. The summed E-state index contributed by atoms with van der Waals surface area (Å²) in [6.45, 7) is 10.3. The first kappa shape index (κ1) is 32.3. The van der Waals surface area contributed by atoms with E-state index in [0.29, 0.717) is 0 Å². The van der Waals surface area contributed by atoms with Gasteiger partial charge in [0.25, 0.3) is 0 Å². The second-order valence-corrected chi connectivity index (χ2v) is 14.1. The number of hydrogen-bond acceptors (Lipinski definition) is 0. The lowest BCUT2D eigenvalue weighted by atomic mass is 10.0. The summed E-state index contributed by atoms with van der Waals surface area (Å²) >= 11 is 0. The normalized spacial score (nSPS) is 12.4. The Balaban J connectivity index is 1.17. The molecular formula is C51H40N2. The summed E-state index contributed by atoms with van der Waals surface area (Å²) in [6.07, 6.45) is 6.10. The summed E-state index contributed by atoms with van der Waals surface area (Å²) in [7, 11) is 0. The predicted molar refractivity (Wildman–Crippen MR) is 228 cm³/mol. The number of allylic oxidation sites excluding steroid dienone is 5. The first-order chi connectivity index (χ1) is 26.0. The number of aryl methyl sites for hydroxylation is 1. The number of para-hydroxylation sites is 2. The zero-order chi connectivity index (χ0) is 36.1. The second kappa shape index (κ2) is 13.2. The van der Waals surface area contributed by atoms with Crippen LogP contribution >= 0.6 is 0 Å². The number of benzene rings is 7. The minimum absolute atomic E-state index is 1.15. The molecule has 2 heterocycles. The predicted octanol–water partition coefficient (Wildman–Crippen LogP) is 14.1. The Kier molecular flexibility index (Phi) is 8.01. The van der Waals surface area contributed by atoms with Crippen LogP contribution in [0.1, 0.15) is 25.0 Å². The third kappa shape index (κ3) is 5.70. The zero-order valence-corrected chi connectivity index (χ0v) is 30.3. The topological polar surface area (TPSA) is 9.86 Å². The summed E-state index contributed by atoms with van der Waals surface area (Å²) < 4.78 is 4.81. The molecule has 9 rings (SSSR count). The first-order valence-electron chi connectivity index (χ1n) is 18.3. The van der Waals surface area contributed by atoms with Gasteiger partial charge >= 0.3 is 0 Å². The van der Waals surface area contributed by atoms with Crippen LogP contribution in [0.25, 0.3) is 82.8 Å². The van der Waals surface area contributed by atoms with Crippen molar-refractivity contribution < 1.29 is 0 Å². The standard InChI is InChI=1S/C51H40N2/c1-5-13-34(2)28-36(4)37-15-11-18-42(30-37)52-48-22-8-6-20-44(48)46-32-40(24-26-50(46)52)41-25-27-51-47(33-41)45-21-7-9-23-49(45)53(51)43-19-12-17-39(31-43)38-16-10-14-35(3)29-38/h5-33H,1H2,2-4H3/b34-13-,36-28+. The summed E-state index contributed by atoms with van der Waals surface area (Å²) in [6, 6.07) is 57.9. The number of nitrogens with zero attached hydrogens (tertiary/aromatic N) is 2. The maximum atomic E-state index is 3.85. The minimum Gasteiger partial charge on any atom is -0.309 e. The van der Waals surface area contributed by atoms with Crippen LogP contribution in [-0.2, 0) is 0 Å². The molecule has 2 heteroatoms. The molecule has 0 unspecified atom stereocenters. The molecule has 0 aliphatic carbocycles. The van der Waals surface area contributed by atoms with Gasteiger partial charge in [0, 0.05) is 32.9 Å². The fourth-order valence-corrected chi connectivity index (χ4v) is 8.06. The lowest BCUT2D eigenvalue weighted by molar-refractivity contribution is 1.18. The van der Waals surface area contributed by atoms with Crippen molar-refractivity contribution in [3.05, 3.63) is 199 Å². The van der Waals surface area contributed by atoms with E-state index < -0.39 is 0 Å². The van der Waals surface area contributed by atoms with Crippen LogP contribution in [0.3, 0.4) is 0 Å². The molecule has 0 atom stereocenters. The smallest absolute Gasteiger partial charge is 0.0541 e. The van der Waals surface area contributed by atoms with Crippen molar-refractivity contribution in [3.63, 3.8) is 0 Å². The van der Waals surface area contributed by atoms with Gasteiger partial charge in [-0.15, -0.1) is 0 Å². The van der Waals surface area contributed by atoms with E-state index in [-0.39, 0.29) is 0 Å². The molecule has 0 saturated heterocycles. The van der Waals surface area contributed by atoms with Gasteiger partial charge in [-0.25, -0.2) is 0 Å². The average Bonchev–Trinajstić information content (AvgIpc) is 3.70. The van der Waals surface area contributed by atoms with Crippen molar-refractivity contribution in [2.45, 2.75) is 20.8 Å². The summed E-state index contributed by atoms with van der Waals surface area (Å²) in [5.74, 6) is 0. The molecule has 0 fully saturated rings. The van der Waals surface area contributed by atoms with Crippen LogP contribution in [0.15, 0.2) is 188 Å². The van der Waals surface area contributed by atoms with Crippen LogP contribution < -0.4 is 0 Å². The number of hydrogen-bond donors (Lipinski definition) is 0. The van der Waals surface area contributed by atoms with Gasteiger partial charge in [-0.2, -0.15) is 0 Å². The molecule has 0 amide bonds. The van der Waals surface area contributed by atoms with Crippen molar-refractivity contribution in [3.8, 4) is 33.6 Å². The van der Waals surface area contributed by atoms with E-state index in [1.165, 1.54) is 88.1 Å². The third-order valence-electron chi connectivity index (χ3n) is 10.5. The SMILES string of the molecule is C=C/C=C(C)\C=C(/C)c1cccc(-n2c3ccccc3c3cc(-c4ccc5c(c4)c4ccccc4n5-c4cccc(-c5cccc(C)c5)c4)ccc32)c1. The van der Waals surface area contributed by atoms with Crippen LogP contribution in [0.4, 0.5) is 0 Å². The molecule has 0 N–H and O–H groups in total. The highest BCUT2D eigenvalue weighted by atomic mass is 15.0. The van der Waals surface area contributed by atoms with Crippen molar-refractivity contribution >= 4 is 49.2 Å². The van der Waals surface area contributed by atoms with Crippen LogP contribution in [-0.4, -0.2) is 9.13 Å². The van der Waals surface area contributed by atoms with Gasteiger partial charge in [-0.1, -0.05) is 133 Å². The molecule has 254 valence electrons. The molecule has 0 spiro atoms. The number of rotatable bonds is 7. The van der Waals surface area contributed by atoms with Gasteiger partial charge in [0.1, 0.15) is 0 Å². The van der Waals surface area contributed by atoms with E-state index in [1.54, 1.807) is 0 Å².